The Bertz CT molecular complexity index is 1650. The molecular weight excluding hydrogens is 601 g/mol. The third-order valence-corrected chi connectivity index (χ3v) is 8.83. The van der Waals surface area contributed by atoms with E-state index in [4.69, 9.17) is 9.47 Å². The number of aromatic nitrogens is 3. The molecule has 1 unspecified atom stereocenters. The Hall–Kier alpha value is -3.79. The highest BCUT2D eigenvalue weighted by molar-refractivity contribution is 7.36. The molecule has 45 heavy (non-hydrogen) atoms. The van der Waals surface area contributed by atoms with Crippen LogP contribution < -0.4 is 20.2 Å². The summed E-state index contributed by atoms with van der Waals surface area (Å²) in [6.45, 7) is 12.7. The number of hydrogen-bond donors (Lipinski definition) is 0. The Morgan fingerprint density at radius 1 is 1.09 bits per heavy atom. The van der Waals surface area contributed by atoms with Gasteiger partial charge in [0, 0.05) is 49.6 Å². The van der Waals surface area contributed by atoms with Crippen molar-refractivity contribution in [2.75, 3.05) is 43.2 Å². The number of methoxy groups -OCH3 is 1. The molecule has 10 nitrogen and oxygen atoms in total. The summed E-state index contributed by atoms with van der Waals surface area (Å²) < 4.78 is 43.4. The maximum Gasteiger partial charge on any atom is 0.410 e. The first-order valence-corrected chi connectivity index (χ1v) is 16.8. The van der Waals surface area contributed by atoms with Crippen LogP contribution in [-0.4, -0.2) is 76.6 Å². The van der Waals surface area contributed by atoms with Gasteiger partial charge < -0.3 is 24.2 Å². The van der Waals surface area contributed by atoms with Crippen molar-refractivity contribution in [2.45, 2.75) is 71.4 Å². The first-order valence-electron chi connectivity index (χ1n) is 15.1. The van der Waals surface area contributed by atoms with Crippen LogP contribution in [0.5, 0.6) is 5.75 Å². The number of fused-ring (bicyclic) bond motifs is 1. The van der Waals surface area contributed by atoms with E-state index in [1.54, 1.807) is 17.0 Å². The van der Waals surface area contributed by atoms with Gasteiger partial charge in [-0.25, -0.2) is 18.4 Å². The molecule has 2 aliphatic rings. The lowest BCUT2D eigenvalue weighted by Crippen LogP contribution is -2.59. The third-order valence-electron chi connectivity index (χ3n) is 8.14. The maximum absolute atomic E-state index is 15.6. The molecule has 0 radical (unpaired) electrons. The third kappa shape index (κ3) is 6.48. The monoisotopic (exact) mass is 642 g/mol. The first kappa shape index (κ1) is 32.6. The molecule has 242 valence electrons. The van der Waals surface area contributed by atoms with Gasteiger partial charge in [0.2, 0.25) is 0 Å². The number of halogens is 2. The molecule has 3 atom stereocenters. The fourth-order valence-electron chi connectivity index (χ4n) is 6.14. The molecule has 3 aromatic rings. The molecule has 2 aromatic heterocycles. The molecule has 1 amide bonds. The van der Waals surface area contributed by atoms with Gasteiger partial charge in [-0.2, -0.15) is 4.98 Å². The predicted molar refractivity (Wildman–Crippen MR) is 172 cm³/mol. The van der Waals surface area contributed by atoms with Crippen molar-refractivity contribution in [3.63, 3.8) is 0 Å². The second-order valence-corrected chi connectivity index (χ2v) is 13.6. The minimum Gasteiger partial charge on any atom is -0.494 e. The van der Waals surface area contributed by atoms with Crippen molar-refractivity contribution in [3.05, 3.63) is 69.5 Å². The Kier molecular flexibility index (Phi) is 9.35. The quantitative estimate of drug-likeness (QED) is 0.343. The van der Waals surface area contributed by atoms with E-state index in [1.807, 2.05) is 51.1 Å². The van der Waals surface area contributed by atoms with Crippen LogP contribution >= 0.6 is 8.58 Å². The number of carbonyl (C=O) groups is 1. The first-order chi connectivity index (χ1) is 21.3. The fourth-order valence-corrected chi connectivity index (χ4v) is 6.74. The van der Waals surface area contributed by atoms with Gasteiger partial charge >= 0.3 is 11.8 Å². The number of pyridine rings is 1. The van der Waals surface area contributed by atoms with Gasteiger partial charge in [0.05, 0.1) is 25.0 Å². The Balaban J connectivity index is 1.64. The lowest BCUT2D eigenvalue weighted by atomic mass is 10.0. The Morgan fingerprint density at radius 3 is 2.51 bits per heavy atom. The van der Waals surface area contributed by atoms with Gasteiger partial charge in [0.25, 0.3) is 0 Å². The van der Waals surface area contributed by atoms with Crippen molar-refractivity contribution >= 4 is 26.2 Å². The van der Waals surface area contributed by atoms with Crippen LogP contribution in [0.15, 0.2) is 35.3 Å². The van der Waals surface area contributed by atoms with Crippen molar-refractivity contribution < 1.29 is 23.0 Å². The molecule has 4 heterocycles. The van der Waals surface area contributed by atoms with Gasteiger partial charge in [-0.1, -0.05) is 6.07 Å². The molecule has 0 N–H and O–H groups in total. The van der Waals surface area contributed by atoms with Crippen LogP contribution in [0, 0.1) is 11.6 Å². The van der Waals surface area contributed by atoms with Crippen LogP contribution in [0.1, 0.15) is 51.6 Å². The molecule has 2 aliphatic heterocycles. The van der Waals surface area contributed by atoms with Gasteiger partial charge in [-0.05, 0) is 65.9 Å². The lowest BCUT2D eigenvalue weighted by Gasteiger charge is -2.45. The van der Waals surface area contributed by atoms with Crippen LogP contribution in [0.3, 0.4) is 0 Å². The standard InChI is InChI=1S/C32H41F2N6O4P/c1-19-16-39(31(42)44-32(3,4)5)20(2)15-38(19)29-21-12-14-37(28-22(33)9-8-10-26(28)43-6)17-25(21)40(30(41)36-29)27-23(34)11-13-35-24(27)18-45-7/h8-11,13,19-20,45H,12,14-18H2,1-7H3/t19-,20+/m0/s1. The Labute approximate surface area is 264 Å². The minimum atomic E-state index is -0.645. The van der Waals surface area contributed by atoms with Crippen LogP contribution in [0.2, 0.25) is 0 Å². The number of piperazine rings is 1. The van der Waals surface area contributed by atoms with Crippen molar-refractivity contribution in [1.29, 1.82) is 0 Å². The van der Waals surface area contributed by atoms with Gasteiger partial charge in [0.15, 0.2) is 5.82 Å². The average Bonchev–Trinajstić information content (AvgIpc) is 2.97. The van der Waals surface area contributed by atoms with Crippen molar-refractivity contribution in [1.82, 2.24) is 19.4 Å². The van der Waals surface area contributed by atoms with Gasteiger partial charge in [0.1, 0.15) is 34.4 Å². The summed E-state index contributed by atoms with van der Waals surface area (Å²) in [5, 5.41) is 0. The summed E-state index contributed by atoms with van der Waals surface area (Å²) in [6.07, 6.45) is 1.91. The molecule has 13 heteroatoms. The van der Waals surface area contributed by atoms with Crippen LogP contribution in [-0.2, 0) is 23.9 Å². The number of nitrogens with zero attached hydrogens (tertiary/aromatic N) is 6. The predicted octanol–water partition coefficient (Wildman–Crippen LogP) is 5.12. The molecule has 0 bridgehead atoms. The zero-order chi connectivity index (χ0) is 32.6. The fraction of sp³-hybridized carbons (Fsp3) is 0.500. The number of para-hydroxylation sites is 1. The maximum atomic E-state index is 15.6. The summed E-state index contributed by atoms with van der Waals surface area (Å²) in [5.74, 6) is -0.173. The SMILES string of the molecule is COc1cccc(F)c1N1CCc2c(N3C[C@@H](C)N(C(=O)OC(C)(C)C)C[C@@H]3C)nc(=O)n(-c3c(F)ccnc3CPC)c2C1. The van der Waals surface area contributed by atoms with E-state index < -0.39 is 29.0 Å². The topological polar surface area (TPSA) is 93.0 Å². The van der Waals surface area contributed by atoms with Crippen molar-refractivity contribution in [3.8, 4) is 11.4 Å². The smallest absolute Gasteiger partial charge is 0.410 e. The number of hydrogen-bond acceptors (Lipinski definition) is 8. The summed E-state index contributed by atoms with van der Waals surface area (Å²) in [7, 11) is 1.92. The molecule has 5 rings (SSSR count). The molecule has 0 saturated carbocycles. The summed E-state index contributed by atoms with van der Waals surface area (Å²) in [5.41, 5.74) is 0.830. The van der Waals surface area contributed by atoms with E-state index >= 15 is 8.78 Å². The lowest BCUT2D eigenvalue weighted by molar-refractivity contribution is 0.0129. The highest BCUT2D eigenvalue weighted by atomic mass is 31.1. The molecule has 1 fully saturated rings. The zero-order valence-electron chi connectivity index (χ0n) is 26.9. The second kappa shape index (κ2) is 12.9. The van der Waals surface area contributed by atoms with E-state index in [-0.39, 0.29) is 30.0 Å². The number of amides is 1. The van der Waals surface area contributed by atoms with E-state index in [9.17, 15) is 9.59 Å². The summed E-state index contributed by atoms with van der Waals surface area (Å²) in [4.78, 5) is 41.6. The van der Waals surface area contributed by atoms with Crippen LogP contribution in [0.4, 0.5) is 25.1 Å². The van der Waals surface area contributed by atoms with Gasteiger partial charge in [-0.15, -0.1) is 8.58 Å². The molecule has 1 saturated heterocycles. The van der Waals surface area contributed by atoms with E-state index in [0.717, 1.165) is 5.56 Å². The molecule has 0 aliphatic carbocycles. The minimum absolute atomic E-state index is 0.0747. The highest BCUT2D eigenvalue weighted by Crippen LogP contribution is 2.38. The number of ether oxygens (including phenoxy) is 2. The molecular formula is C32H41F2N6O4P. The average molecular weight is 643 g/mol. The second-order valence-electron chi connectivity index (χ2n) is 12.5. The van der Waals surface area contributed by atoms with E-state index in [1.165, 1.54) is 30.0 Å². The zero-order valence-corrected chi connectivity index (χ0v) is 27.9. The van der Waals surface area contributed by atoms with Crippen LogP contribution in [0.25, 0.3) is 5.69 Å². The highest BCUT2D eigenvalue weighted by Gasteiger charge is 2.38. The molecule has 1 aromatic carbocycles. The van der Waals surface area contributed by atoms with Gasteiger partial charge in [-0.3, -0.25) is 9.55 Å². The number of rotatable bonds is 6. The largest absolute Gasteiger partial charge is 0.494 e. The summed E-state index contributed by atoms with van der Waals surface area (Å²) in [6, 6.07) is 5.45. The normalized spacial score (nSPS) is 18.8. The Morgan fingerprint density at radius 2 is 1.82 bits per heavy atom. The molecule has 0 spiro atoms. The van der Waals surface area contributed by atoms with Crippen molar-refractivity contribution in [2.24, 2.45) is 0 Å². The number of benzene rings is 1. The number of anilines is 2. The van der Waals surface area contributed by atoms with E-state index in [0.29, 0.717) is 63.8 Å². The summed E-state index contributed by atoms with van der Waals surface area (Å²) >= 11 is 0. The number of carbonyl (C=O) groups excluding carboxylic acids is 1. The van der Waals surface area contributed by atoms with E-state index in [2.05, 4.69) is 9.97 Å².